The van der Waals surface area contributed by atoms with E-state index in [1.54, 1.807) is 18.2 Å². The van der Waals surface area contributed by atoms with Crippen LogP contribution < -0.4 is 5.56 Å². The van der Waals surface area contributed by atoms with E-state index in [2.05, 4.69) is 4.98 Å². The number of H-pyrrole nitrogens is 1. The van der Waals surface area contributed by atoms with E-state index in [4.69, 9.17) is 5.11 Å². The summed E-state index contributed by atoms with van der Waals surface area (Å²) in [5, 5.41) is 9.80. The number of nitrogens with one attached hydrogen (secondary N) is 1. The first-order chi connectivity index (χ1) is 7.09. The van der Waals surface area contributed by atoms with Gasteiger partial charge >= 0.3 is 5.97 Å². The van der Waals surface area contributed by atoms with Gasteiger partial charge in [0.25, 0.3) is 5.56 Å². The molecule has 0 aliphatic heterocycles. The molecule has 0 saturated carbocycles. The van der Waals surface area contributed by atoms with Gasteiger partial charge in [0.1, 0.15) is 0 Å². The highest BCUT2D eigenvalue weighted by molar-refractivity contribution is 6.03. The fraction of sp³-hybridized carbons (Fsp3) is 0.0909. The van der Waals surface area contributed by atoms with Crippen molar-refractivity contribution in [3.63, 3.8) is 0 Å². The van der Waals surface area contributed by atoms with Gasteiger partial charge in [0.05, 0.1) is 5.56 Å². The number of aromatic carboxylic acids is 1. The molecule has 1 aromatic heterocycles. The van der Waals surface area contributed by atoms with Crippen LogP contribution in [0.1, 0.15) is 15.9 Å². The highest BCUT2D eigenvalue weighted by Gasteiger charge is 2.10. The number of hydrogen-bond donors (Lipinski definition) is 2. The molecule has 0 aliphatic carbocycles. The number of fused-ring (bicyclic) bond motifs is 1. The van der Waals surface area contributed by atoms with Gasteiger partial charge in [-0.05, 0) is 13.0 Å². The van der Waals surface area contributed by atoms with Crippen LogP contribution in [0.2, 0.25) is 0 Å². The predicted octanol–water partition coefficient (Wildman–Crippen LogP) is 1.53. The fourth-order valence-corrected chi connectivity index (χ4v) is 1.55. The van der Waals surface area contributed by atoms with Crippen LogP contribution in [0.25, 0.3) is 10.8 Å². The summed E-state index contributed by atoms with van der Waals surface area (Å²) in [4.78, 5) is 24.8. The molecular weight excluding hydrogens is 194 g/mol. The molecule has 0 unspecified atom stereocenters. The third kappa shape index (κ3) is 1.50. The summed E-state index contributed by atoms with van der Waals surface area (Å²) >= 11 is 0. The van der Waals surface area contributed by atoms with Crippen LogP contribution in [-0.2, 0) is 0 Å². The van der Waals surface area contributed by atoms with E-state index in [1.165, 1.54) is 6.20 Å². The Labute approximate surface area is 85.2 Å². The lowest BCUT2D eigenvalue weighted by atomic mass is 10.1. The first-order valence-electron chi connectivity index (χ1n) is 4.45. The normalized spacial score (nSPS) is 10.5. The number of aromatic nitrogens is 1. The van der Waals surface area contributed by atoms with E-state index in [0.29, 0.717) is 10.8 Å². The highest BCUT2D eigenvalue weighted by Crippen LogP contribution is 2.15. The average molecular weight is 203 g/mol. The second-order valence-electron chi connectivity index (χ2n) is 3.39. The smallest absolute Gasteiger partial charge is 0.337 e. The lowest BCUT2D eigenvalue weighted by Crippen LogP contribution is -2.10. The summed E-state index contributed by atoms with van der Waals surface area (Å²) in [5.41, 5.74) is 0.777. The molecule has 0 atom stereocenters. The molecule has 76 valence electrons. The van der Waals surface area contributed by atoms with Crippen molar-refractivity contribution < 1.29 is 9.90 Å². The van der Waals surface area contributed by atoms with Crippen molar-refractivity contribution in [1.82, 2.24) is 4.98 Å². The molecule has 15 heavy (non-hydrogen) atoms. The Hall–Kier alpha value is -2.10. The summed E-state index contributed by atoms with van der Waals surface area (Å²) in [6, 6.07) is 5.12. The Bertz CT molecular complexity index is 598. The minimum atomic E-state index is -1.04. The number of benzene rings is 1. The molecule has 0 radical (unpaired) electrons. The quantitative estimate of drug-likeness (QED) is 0.738. The van der Waals surface area contributed by atoms with Crippen molar-refractivity contribution >= 4 is 16.7 Å². The van der Waals surface area contributed by atoms with Gasteiger partial charge < -0.3 is 10.1 Å². The topological polar surface area (TPSA) is 70.2 Å². The van der Waals surface area contributed by atoms with E-state index in [9.17, 15) is 9.59 Å². The van der Waals surface area contributed by atoms with Gasteiger partial charge in [0.2, 0.25) is 0 Å². The molecule has 0 saturated heterocycles. The van der Waals surface area contributed by atoms with Gasteiger partial charge in [-0.15, -0.1) is 0 Å². The second-order valence-corrected chi connectivity index (χ2v) is 3.39. The number of pyridine rings is 1. The number of carbonyl (C=O) groups is 1. The largest absolute Gasteiger partial charge is 0.478 e. The lowest BCUT2D eigenvalue weighted by Gasteiger charge is -2.02. The molecule has 4 nitrogen and oxygen atoms in total. The molecule has 0 amide bonds. The van der Waals surface area contributed by atoms with Gasteiger partial charge in [0, 0.05) is 17.0 Å². The second kappa shape index (κ2) is 3.24. The van der Waals surface area contributed by atoms with Crippen LogP contribution in [-0.4, -0.2) is 16.1 Å². The summed E-state index contributed by atoms with van der Waals surface area (Å²) in [7, 11) is 0. The van der Waals surface area contributed by atoms with Crippen LogP contribution in [0, 0.1) is 6.92 Å². The Balaban J connectivity index is 2.95. The zero-order valence-corrected chi connectivity index (χ0v) is 8.07. The van der Waals surface area contributed by atoms with Crippen LogP contribution in [0.5, 0.6) is 0 Å². The van der Waals surface area contributed by atoms with Crippen molar-refractivity contribution in [1.29, 1.82) is 0 Å². The van der Waals surface area contributed by atoms with Crippen molar-refractivity contribution in [3.8, 4) is 0 Å². The first kappa shape index (κ1) is 9.45. The molecule has 0 aliphatic rings. The molecule has 1 aromatic carbocycles. The number of aromatic amines is 1. The van der Waals surface area contributed by atoms with Gasteiger partial charge in [0.15, 0.2) is 0 Å². The standard InChI is InChI=1S/C11H9NO3/c1-6-2-3-7-8(4-6)10(13)12-5-9(7)11(14)15/h2-5H,1H3,(H,12,13)(H,14,15). The van der Waals surface area contributed by atoms with Crippen molar-refractivity contribution in [2.75, 3.05) is 0 Å². The number of rotatable bonds is 1. The Morgan fingerprint density at radius 3 is 2.73 bits per heavy atom. The first-order valence-corrected chi connectivity index (χ1v) is 4.45. The molecular formula is C11H9NO3. The minimum absolute atomic E-state index is 0.115. The number of aryl methyl sites for hydroxylation is 1. The van der Waals surface area contributed by atoms with Gasteiger partial charge in [-0.1, -0.05) is 17.7 Å². The molecule has 0 fully saturated rings. The monoisotopic (exact) mass is 203 g/mol. The Kier molecular flexibility index (Phi) is 2.04. The number of hydrogen-bond acceptors (Lipinski definition) is 2. The summed E-state index contributed by atoms with van der Waals surface area (Å²) in [6.07, 6.45) is 1.22. The van der Waals surface area contributed by atoms with Gasteiger partial charge in [-0.2, -0.15) is 0 Å². The van der Waals surface area contributed by atoms with Gasteiger partial charge in [-0.25, -0.2) is 4.79 Å². The summed E-state index contributed by atoms with van der Waals surface area (Å²) in [6.45, 7) is 1.85. The fourth-order valence-electron chi connectivity index (χ4n) is 1.55. The maximum absolute atomic E-state index is 11.5. The molecule has 1 heterocycles. The van der Waals surface area contributed by atoms with Crippen molar-refractivity contribution in [3.05, 3.63) is 45.9 Å². The SMILES string of the molecule is Cc1ccc2c(C(=O)O)c[nH]c(=O)c2c1. The van der Waals surface area contributed by atoms with E-state index in [1.807, 2.05) is 6.92 Å². The number of carboxylic acid groups (broad SMARTS) is 1. The number of carboxylic acids is 1. The minimum Gasteiger partial charge on any atom is -0.478 e. The van der Waals surface area contributed by atoms with Crippen LogP contribution in [0.4, 0.5) is 0 Å². The molecule has 4 heteroatoms. The van der Waals surface area contributed by atoms with Gasteiger partial charge in [-0.3, -0.25) is 4.79 Å². The summed E-state index contributed by atoms with van der Waals surface area (Å²) in [5.74, 6) is -1.04. The Morgan fingerprint density at radius 1 is 1.33 bits per heavy atom. The van der Waals surface area contributed by atoms with E-state index < -0.39 is 5.97 Å². The molecule has 2 N–H and O–H groups in total. The Morgan fingerprint density at radius 2 is 2.07 bits per heavy atom. The zero-order valence-electron chi connectivity index (χ0n) is 8.07. The van der Waals surface area contributed by atoms with Crippen LogP contribution >= 0.6 is 0 Å². The summed E-state index contributed by atoms with van der Waals surface area (Å²) < 4.78 is 0. The molecule has 0 spiro atoms. The van der Waals surface area contributed by atoms with Crippen molar-refractivity contribution in [2.24, 2.45) is 0 Å². The lowest BCUT2D eigenvalue weighted by molar-refractivity contribution is 0.0698. The van der Waals surface area contributed by atoms with Crippen LogP contribution in [0.3, 0.4) is 0 Å². The zero-order chi connectivity index (χ0) is 11.0. The predicted molar refractivity (Wildman–Crippen MR) is 56.3 cm³/mol. The maximum Gasteiger partial charge on any atom is 0.337 e. The average Bonchev–Trinajstić information content (AvgIpc) is 2.19. The highest BCUT2D eigenvalue weighted by atomic mass is 16.4. The third-order valence-corrected chi connectivity index (χ3v) is 2.29. The molecule has 2 aromatic rings. The third-order valence-electron chi connectivity index (χ3n) is 2.29. The van der Waals surface area contributed by atoms with E-state index >= 15 is 0 Å². The van der Waals surface area contributed by atoms with Crippen molar-refractivity contribution in [2.45, 2.75) is 6.92 Å². The van der Waals surface area contributed by atoms with E-state index in [-0.39, 0.29) is 11.1 Å². The van der Waals surface area contributed by atoms with E-state index in [0.717, 1.165) is 5.56 Å². The maximum atomic E-state index is 11.5. The molecule has 2 rings (SSSR count). The van der Waals surface area contributed by atoms with Crippen LogP contribution in [0.15, 0.2) is 29.2 Å². The molecule has 0 bridgehead atoms.